The van der Waals surface area contributed by atoms with Gasteiger partial charge in [0.25, 0.3) is 0 Å². The van der Waals surface area contributed by atoms with Crippen molar-refractivity contribution in [3.8, 4) is 0 Å². The molecular weight excluding hydrogens is 466 g/mol. The lowest BCUT2D eigenvalue weighted by Gasteiger charge is -2.27. The van der Waals surface area contributed by atoms with Gasteiger partial charge in [-0.05, 0) is 86.8 Å². The number of methoxy groups -OCH3 is 1. The monoisotopic (exact) mass is 505 g/mol. The normalized spacial score (nSPS) is 22.7. The average Bonchev–Trinajstić information content (AvgIpc) is 3.12. The molecule has 2 unspecified atom stereocenters. The first-order valence-corrected chi connectivity index (χ1v) is 13.7. The summed E-state index contributed by atoms with van der Waals surface area (Å²) < 4.78 is 13.5. The zero-order valence-corrected chi connectivity index (χ0v) is 22.7. The fourth-order valence-electron chi connectivity index (χ4n) is 6.57. The Morgan fingerprint density at radius 2 is 1.81 bits per heavy atom. The topological polar surface area (TPSA) is 77.8 Å². The number of fused-ring (bicyclic) bond motifs is 4. The fourth-order valence-corrected chi connectivity index (χ4v) is 6.57. The molecule has 1 aromatic carbocycles. The van der Waals surface area contributed by atoms with Crippen LogP contribution < -0.4 is 0 Å². The molecular formula is C31H39NO5. The van der Waals surface area contributed by atoms with Crippen molar-refractivity contribution in [3.63, 3.8) is 0 Å². The van der Waals surface area contributed by atoms with E-state index in [-0.39, 0.29) is 11.9 Å². The number of aliphatic carboxylic acids is 1. The van der Waals surface area contributed by atoms with E-state index in [0.29, 0.717) is 18.0 Å². The zero-order valence-electron chi connectivity index (χ0n) is 22.7. The number of carboxylic acids is 1. The lowest BCUT2D eigenvalue weighted by Crippen LogP contribution is -2.26. The highest BCUT2D eigenvalue weighted by atomic mass is 16.6. The predicted molar refractivity (Wildman–Crippen MR) is 144 cm³/mol. The van der Waals surface area contributed by atoms with E-state index in [1.54, 1.807) is 7.11 Å². The molecule has 1 fully saturated rings. The quantitative estimate of drug-likeness (QED) is 0.450. The van der Waals surface area contributed by atoms with Crippen LogP contribution in [0.15, 0.2) is 35.6 Å². The van der Waals surface area contributed by atoms with Crippen molar-refractivity contribution in [2.75, 3.05) is 7.11 Å². The molecule has 2 aromatic rings. The van der Waals surface area contributed by atoms with Crippen LogP contribution in [0.3, 0.4) is 0 Å². The van der Waals surface area contributed by atoms with Gasteiger partial charge in [0.2, 0.25) is 0 Å². The number of carbonyl (C=O) groups is 2. The minimum atomic E-state index is -0.797. The third-order valence-electron chi connectivity index (χ3n) is 8.38. The Morgan fingerprint density at radius 1 is 1.08 bits per heavy atom. The number of aromatic nitrogens is 1. The number of carboxylic acid groups (broad SMARTS) is 1. The number of hydrogen-bond donors (Lipinski definition) is 1. The van der Waals surface area contributed by atoms with Crippen LogP contribution in [0.4, 0.5) is 0 Å². The van der Waals surface area contributed by atoms with Gasteiger partial charge in [-0.3, -0.25) is 4.79 Å². The summed E-state index contributed by atoms with van der Waals surface area (Å²) in [5, 5.41) is 11.4. The van der Waals surface area contributed by atoms with Crippen molar-refractivity contribution >= 4 is 28.4 Å². The molecule has 6 nitrogen and oxygen atoms in total. The summed E-state index contributed by atoms with van der Waals surface area (Å²) in [4.78, 5) is 25.6. The molecule has 0 bridgehead atoms. The molecule has 1 N–H and O–H groups in total. The van der Waals surface area contributed by atoms with Crippen LogP contribution in [0.1, 0.15) is 100 Å². The number of rotatable bonds is 4. The Bertz CT molecular complexity index is 1300. The largest absolute Gasteiger partial charge is 0.501 e. The molecule has 1 aliphatic heterocycles. The van der Waals surface area contributed by atoms with E-state index in [1.165, 1.54) is 36.1 Å². The molecule has 3 aliphatic rings. The highest BCUT2D eigenvalue weighted by Crippen LogP contribution is 2.49. The number of esters is 1. The molecule has 5 rings (SSSR count). The molecule has 0 radical (unpaired) electrons. The van der Waals surface area contributed by atoms with E-state index in [9.17, 15) is 14.7 Å². The molecule has 198 valence electrons. The third kappa shape index (κ3) is 4.71. The maximum absolute atomic E-state index is 13.0. The Kier molecular flexibility index (Phi) is 6.71. The van der Waals surface area contributed by atoms with Crippen LogP contribution in [0.2, 0.25) is 0 Å². The van der Waals surface area contributed by atoms with E-state index in [0.717, 1.165) is 47.9 Å². The average molecular weight is 506 g/mol. The zero-order chi connectivity index (χ0) is 26.5. The molecule has 2 heterocycles. The van der Waals surface area contributed by atoms with Crippen molar-refractivity contribution in [3.05, 3.63) is 52.4 Å². The Morgan fingerprint density at radius 3 is 2.46 bits per heavy atom. The summed E-state index contributed by atoms with van der Waals surface area (Å²) in [5.41, 5.74) is 5.70. The fraction of sp³-hybridized carbons (Fsp3) is 0.548. The number of hydrogen-bond acceptors (Lipinski definition) is 4. The van der Waals surface area contributed by atoms with Gasteiger partial charge in [-0.15, -0.1) is 0 Å². The number of carbonyl (C=O) groups excluding carboxylic acids is 1. The van der Waals surface area contributed by atoms with Gasteiger partial charge in [-0.25, -0.2) is 4.79 Å². The smallest absolute Gasteiger partial charge is 0.338 e. The van der Waals surface area contributed by atoms with Crippen LogP contribution in [-0.2, 0) is 20.8 Å². The molecule has 1 saturated carbocycles. The SMILES string of the molecule is COC1=CC2=C(CC1)c1c(C3CCCCC3)c3ccc(C(=O)OC(C)(C)C)cc3n1CC(C(=O)O)C2C. The van der Waals surface area contributed by atoms with Crippen LogP contribution in [0, 0.1) is 11.8 Å². The van der Waals surface area contributed by atoms with Crippen LogP contribution in [0.25, 0.3) is 16.5 Å². The first kappa shape index (κ1) is 25.6. The van der Waals surface area contributed by atoms with Crippen LogP contribution in [-0.4, -0.2) is 34.3 Å². The summed E-state index contributed by atoms with van der Waals surface area (Å²) in [6, 6.07) is 5.87. The summed E-state index contributed by atoms with van der Waals surface area (Å²) in [6.45, 7) is 8.00. The van der Waals surface area contributed by atoms with Gasteiger partial charge in [0.15, 0.2) is 0 Å². The summed E-state index contributed by atoms with van der Waals surface area (Å²) in [5.74, 6) is -0.552. The second kappa shape index (κ2) is 9.70. The first-order chi connectivity index (χ1) is 17.6. The van der Waals surface area contributed by atoms with Gasteiger partial charge >= 0.3 is 11.9 Å². The number of nitrogens with zero attached hydrogens (tertiary/aromatic N) is 1. The van der Waals surface area contributed by atoms with Crippen molar-refractivity contribution in [1.82, 2.24) is 4.57 Å². The van der Waals surface area contributed by atoms with E-state index in [4.69, 9.17) is 9.47 Å². The van der Waals surface area contributed by atoms with Gasteiger partial charge in [0, 0.05) is 29.6 Å². The Balaban J connectivity index is 1.79. The van der Waals surface area contributed by atoms with Crippen LogP contribution >= 0.6 is 0 Å². The molecule has 6 heteroatoms. The van der Waals surface area contributed by atoms with Gasteiger partial charge in [0.05, 0.1) is 24.4 Å². The van der Waals surface area contributed by atoms with Gasteiger partial charge < -0.3 is 19.1 Å². The molecule has 0 amide bonds. The second-order valence-corrected chi connectivity index (χ2v) is 11.9. The van der Waals surface area contributed by atoms with E-state index in [2.05, 4.69) is 16.7 Å². The number of allylic oxidation sites excluding steroid dienone is 4. The summed E-state index contributed by atoms with van der Waals surface area (Å²) >= 11 is 0. The first-order valence-electron chi connectivity index (χ1n) is 13.7. The standard InChI is InChI=1S/C31H39NO5/c1-18-24-16-21(36-5)12-14-22(24)28-27(19-9-7-6-8-10-19)23-13-11-20(30(35)37-31(2,3)4)15-26(23)32(28)17-25(18)29(33)34/h11,13,15-16,18-19,25H,6-10,12,14,17H2,1-5H3,(H,33,34). The lowest BCUT2D eigenvalue weighted by molar-refractivity contribution is -0.143. The summed E-state index contributed by atoms with van der Waals surface area (Å²) in [6.07, 6.45) is 9.67. The number of benzene rings is 1. The van der Waals surface area contributed by atoms with Gasteiger partial charge in [-0.2, -0.15) is 0 Å². The third-order valence-corrected chi connectivity index (χ3v) is 8.38. The molecule has 2 atom stereocenters. The molecule has 2 aliphatic carbocycles. The molecule has 1 aromatic heterocycles. The maximum Gasteiger partial charge on any atom is 0.338 e. The second-order valence-electron chi connectivity index (χ2n) is 11.9. The van der Waals surface area contributed by atoms with E-state index >= 15 is 0 Å². The molecule has 37 heavy (non-hydrogen) atoms. The highest BCUT2D eigenvalue weighted by Gasteiger charge is 2.38. The van der Waals surface area contributed by atoms with Crippen LogP contribution in [0.5, 0.6) is 0 Å². The van der Waals surface area contributed by atoms with Crippen molar-refractivity contribution in [2.45, 2.75) is 90.7 Å². The van der Waals surface area contributed by atoms with E-state index < -0.39 is 17.5 Å². The Labute approximate surface area is 219 Å². The van der Waals surface area contributed by atoms with Gasteiger partial charge in [0.1, 0.15) is 5.60 Å². The molecule has 0 spiro atoms. The van der Waals surface area contributed by atoms with Gasteiger partial charge in [-0.1, -0.05) is 32.3 Å². The number of ether oxygens (including phenoxy) is 2. The Hall–Kier alpha value is -3.02. The minimum Gasteiger partial charge on any atom is -0.501 e. The molecule has 0 saturated heterocycles. The maximum atomic E-state index is 13.0. The lowest BCUT2D eigenvalue weighted by atomic mass is 9.78. The minimum absolute atomic E-state index is 0.152. The van der Waals surface area contributed by atoms with Crippen molar-refractivity contribution in [1.29, 1.82) is 0 Å². The summed E-state index contributed by atoms with van der Waals surface area (Å²) in [7, 11) is 1.69. The van der Waals surface area contributed by atoms with Crippen molar-refractivity contribution < 1.29 is 24.2 Å². The van der Waals surface area contributed by atoms with Crippen molar-refractivity contribution in [2.24, 2.45) is 11.8 Å². The predicted octanol–water partition coefficient (Wildman–Crippen LogP) is 7.07. The highest BCUT2D eigenvalue weighted by molar-refractivity contribution is 5.98. The van der Waals surface area contributed by atoms with E-state index in [1.807, 2.05) is 39.8 Å².